The van der Waals surface area contributed by atoms with Gasteiger partial charge in [-0.15, -0.1) is 0 Å². The normalized spacial score (nSPS) is 14.6. The van der Waals surface area contributed by atoms with E-state index in [0.717, 1.165) is 6.42 Å². The monoisotopic (exact) mass is 253 g/mol. The van der Waals surface area contributed by atoms with Gasteiger partial charge in [-0.2, -0.15) is 5.10 Å². The number of aliphatic hydroxyl groups excluding tert-OH is 1. The Kier molecular flexibility index (Phi) is 5.34. The summed E-state index contributed by atoms with van der Waals surface area (Å²) in [7, 11) is 0. The first-order valence-corrected chi connectivity index (χ1v) is 6.45. The first-order valence-electron chi connectivity index (χ1n) is 6.45. The van der Waals surface area contributed by atoms with Gasteiger partial charge in [0.15, 0.2) is 0 Å². The van der Waals surface area contributed by atoms with E-state index in [1.165, 1.54) is 0 Å². The summed E-state index contributed by atoms with van der Waals surface area (Å²) in [5.41, 5.74) is 0.533. The standard InChI is InChI=1S/C13H23N3O2/c1-5-10(4)12(8-17)15-13(18)11-6-14-16(7-11)9(2)3/h6-7,9-10,12,17H,5,8H2,1-4H3,(H,15,18)/t10-,12+/m1/s1. The fourth-order valence-corrected chi connectivity index (χ4v) is 1.64. The highest BCUT2D eigenvalue weighted by Gasteiger charge is 2.19. The van der Waals surface area contributed by atoms with Crippen molar-refractivity contribution in [2.24, 2.45) is 5.92 Å². The second-order valence-corrected chi connectivity index (χ2v) is 4.95. The van der Waals surface area contributed by atoms with Crippen LogP contribution in [0.5, 0.6) is 0 Å². The number of carbonyl (C=O) groups is 1. The third-order valence-electron chi connectivity index (χ3n) is 3.24. The van der Waals surface area contributed by atoms with Crippen molar-refractivity contribution in [2.75, 3.05) is 6.61 Å². The predicted molar refractivity (Wildman–Crippen MR) is 70.4 cm³/mol. The van der Waals surface area contributed by atoms with Gasteiger partial charge in [0.05, 0.1) is 24.4 Å². The molecule has 2 N–H and O–H groups in total. The Labute approximate surface area is 108 Å². The Hall–Kier alpha value is -1.36. The van der Waals surface area contributed by atoms with Gasteiger partial charge >= 0.3 is 0 Å². The van der Waals surface area contributed by atoms with Gasteiger partial charge < -0.3 is 10.4 Å². The Morgan fingerprint density at radius 2 is 2.17 bits per heavy atom. The van der Waals surface area contributed by atoms with Crippen LogP contribution in [-0.4, -0.2) is 33.4 Å². The molecule has 1 rings (SSSR count). The second-order valence-electron chi connectivity index (χ2n) is 4.95. The van der Waals surface area contributed by atoms with E-state index < -0.39 is 0 Å². The van der Waals surface area contributed by atoms with Crippen LogP contribution in [0.2, 0.25) is 0 Å². The minimum absolute atomic E-state index is 0.0426. The smallest absolute Gasteiger partial charge is 0.254 e. The summed E-state index contributed by atoms with van der Waals surface area (Å²) in [6, 6.07) is 0.0275. The minimum Gasteiger partial charge on any atom is -0.394 e. The molecule has 0 saturated heterocycles. The zero-order valence-electron chi connectivity index (χ0n) is 11.6. The molecule has 0 radical (unpaired) electrons. The molecule has 5 heteroatoms. The number of carbonyl (C=O) groups excluding carboxylic acids is 1. The van der Waals surface area contributed by atoms with Gasteiger partial charge in [0.25, 0.3) is 5.91 Å². The Morgan fingerprint density at radius 3 is 2.61 bits per heavy atom. The summed E-state index contributed by atoms with van der Waals surface area (Å²) in [5.74, 6) is 0.0698. The molecule has 0 aliphatic heterocycles. The molecule has 0 unspecified atom stereocenters. The zero-order valence-corrected chi connectivity index (χ0v) is 11.6. The molecule has 18 heavy (non-hydrogen) atoms. The maximum Gasteiger partial charge on any atom is 0.254 e. The summed E-state index contributed by atoms with van der Waals surface area (Å²) >= 11 is 0. The fourth-order valence-electron chi connectivity index (χ4n) is 1.64. The van der Waals surface area contributed by atoms with Gasteiger partial charge in [0.1, 0.15) is 0 Å². The number of nitrogens with zero attached hydrogens (tertiary/aromatic N) is 2. The van der Waals surface area contributed by atoms with Crippen LogP contribution >= 0.6 is 0 Å². The van der Waals surface area contributed by atoms with Crippen LogP contribution in [0.15, 0.2) is 12.4 Å². The van der Waals surface area contributed by atoms with Crippen molar-refractivity contribution in [3.63, 3.8) is 0 Å². The number of hydrogen-bond donors (Lipinski definition) is 2. The van der Waals surface area contributed by atoms with Crippen molar-refractivity contribution in [1.29, 1.82) is 0 Å². The molecule has 0 spiro atoms. The van der Waals surface area contributed by atoms with Crippen LogP contribution in [0.25, 0.3) is 0 Å². The van der Waals surface area contributed by atoms with Crippen molar-refractivity contribution in [2.45, 2.75) is 46.2 Å². The summed E-state index contributed by atoms with van der Waals surface area (Å²) in [4.78, 5) is 12.0. The molecule has 5 nitrogen and oxygen atoms in total. The van der Waals surface area contributed by atoms with Crippen LogP contribution in [0.4, 0.5) is 0 Å². The van der Waals surface area contributed by atoms with Crippen LogP contribution in [-0.2, 0) is 0 Å². The third kappa shape index (κ3) is 3.57. The largest absolute Gasteiger partial charge is 0.394 e. The maximum atomic E-state index is 12.0. The number of aromatic nitrogens is 2. The van der Waals surface area contributed by atoms with Gasteiger partial charge in [-0.1, -0.05) is 20.3 Å². The summed E-state index contributed by atoms with van der Waals surface area (Å²) in [5, 5.41) is 16.3. The first kappa shape index (κ1) is 14.7. The Morgan fingerprint density at radius 1 is 1.50 bits per heavy atom. The zero-order chi connectivity index (χ0) is 13.7. The highest BCUT2D eigenvalue weighted by molar-refractivity contribution is 5.93. The molecule has 1 aromatic heterocycles. The highest BCUT2D eigenvalue weighted by atomic mass is 16.3. The molecular formula is C13H23N3O2. The molecule has 1 heterocycles. The van der Waals surface area contributed by atoms with Crippen LogP contribution in [0.1, 0.15) is 50.5 Å². The molecule has 1 aromatic rings. The maximum absolute atomic E-state index is 12.0. The number of rotatable bonds is 6. The molecule has 1 amide bonds. The van der Waals surface area contributed by atoms with E-state index in [-0.39, 0.29) is 30.5 Å². The van der Waals surface area contributed by atoms with E-state index in [9.17, 15) is 9.90 Å². The van der Waals surface area contributed by atoms with Crippen molar-refractivity contribution in [3.8, 4) is 0 Å². The first-order chi connectivity index (χ1) is 8.49. The van der Waals surface area contributed by atoms with Gasteiger partial charge in [-0.05, 0) is 19.8 Å². The number of aliphatic hydroxyl groups is 1. The molecule has 0 fully saturated rings. The summed E-state index contributed by atoms with van der Waals surface area (Å²) in [6.07, 6.45) is 4.20. The van der Waals surface area contributed by atoms with E-state index in [1.54, 1.807) is 17.1 Å². The molecule has 102 valence electrons. The van der Waals surface area contributed by atoms with Crippen LogP contribution in [0, 0.1) is 5.92 Å². The molecule has 0 bridgehead atoms. The number of nitrogens with one attached hydrogen (secondary N) is 1. The van der Waals surface area contributed by atoms with Crippen molar-refractivity contribution in [1.82, 2.24) is 15.1 Å². The molecule has 0 saturated carbocycles. The molecule has 0 aromatic carbocycles. The van der Waals surface area contributed by atoms with Gasteiger partial charge in [0.2, 0.25) is 0 Å². The fraction of sp³-hybridized carbons (Fsp3) is 0.692. The summed E-state index contributed by atoms with van der Waals surface area (Å²) in [6.45, 7) is 8.02. The van der Waals surface area contributed by atoms with E-state index in [2.05, 4.69) is 10.4 Å². The lowest BCUT2D eigenvalue weighted by atomic mass is 10.00. The Balaban J connectivity index is 2.68. The average molecular weight is 253 g/mol. The number of hydrogen-bond acceptors (Lipinski definition) is 3. The van der Waals surface area contributed by atoms with Gasteiger partial charge in [0, 0.05) is 12.2 Å². The molecule has 0 aliphatic rings. The SMILES string of the molecule is CC[C@@H](C)[C@H](CO)NC(=O)c1cnn(C(C)C)c1. The highest BCUT2D eigenvalue weighted by Crippen LogP contribution is 2.09. The predicted octanol–water partition coefficient (Wildman–Crippen LogP) is 1.60. The third-order valence-corrected chi connectivity index (χ3v) is 3.24. The molecule has 2 atom stereocenters. The van der Waals surface area contributed by atoms with E-state index in [4.69, 9.17) is 0 Å². The summed E-state index contributed by atoms with van der Waals surface area (Å²) < 4.78 is 1.74. The van der Waals surface area contributed by atoms with Crippen LogP contribution < -0.4 is 5.32 Å². The van der Waals surface area contributed by atoms with E-state index in [1.807, 2.05) is 27.7 Å². The minimum atomic E-state index is -0.204. The van der Waals surface area contributed by atoms with Crippen molar-refractivity contribution < 1.29 is 9.90 Å². The van der Waals surface area contributed by atoms with Crippen LogP contribution in [0.3, 0.4) is 0 Å². The average Bonchev–Trinajstić information content (AvgIpc) is 2.84. The molecular weight excluding hydrogens is 230 g/mol. The topological polar surface area (TPSA) is 67.2 Å². The van der Waals surface area contributed by atoms with Crippen molar-refractivity contribution >= 4 is 5.91 Å². The van der Waals surface area contributed by atoms with Gasteiger partial charge in [-0.25, -0.2) is 0 Å². The Bertz CT molecular complexity index is 387. The lowest BCUT2D eigenvalue weighted by Crippen LogP contribution is -2.41. The van der Waals surface area contributed by atoms with E-state index in [0.29, 0.717) is 5.56 Å². The number of amides is 1. The molecule has 0 aliphatic carbocycles. The second kappa shape index (κ2) is 6.54. The lowest BCUT2D eigenvalue weighted by Gasteiger charge is -2.21. The van der Waals surface area contributed by atoms with E-state index >= 15 is 0 Å². The quantitative estimate of drug-likeness (QED) is 0.809. The lowest BCUT2D eigenvalue weighted by molar-refractivity contribution is 0.0891. The van der Waals surface area contributed by atoms with Gasteiger partial charge in [-0.3, -0.25) is 9.48 Å². The van der Waals surface area contributed by atoms with Crippen molar-refractivity contribution in [3.05, 3.63) is 18.0 Å².